The second kappa shape index (κ2) is 7.34. The van der Waals surface area contributed by atoms with Crippen LogP contribution in [0.5, 0.6) is 0 Å². The van der Waals surface area contributed by atoms with Gasteiger partial charge in [0.25, 0.3) is 5.91 Å². The van der Waals surface area contributed by atoms with Crippen LogP contribution in [0.2, 0.25) is 0 Å². The third-order valence-electron chi connectivity index (χ3n) is 3.19. The van der Waals surface area contributed by atoms with Gasteiger partial charge >= 0.3 is 0 Å². The lowest BCUT2D eigenvalue weighted by Crippen LogP contribution is -2.24. The maximum absolute atomic E-state index is 11.8. The number of aryl methyl sites for hydroxylation is 1. The summed E-state index contributed by atoms with van der Waals surface area (Å²) >= 11 is 0. The highest BCUT2D eigenvalue weighted by Gasteiger charge is 2.02. The molecule has 2 aromatic carbocycles. The third-order valence-corrected chi connectivity index (χ3v) is 3.19. The number of nitrogen functional groups attached to an aromatic ring is 1. The Bertz CT molecular complexity index is 535. The van der Waals surface area contributed by atoms with E-state index in [1.54, 1.807) is 0 Å². The molecule has 0 aliphatic rings. The van der Waals surface area contributed by atoms with Crippen LogP contribution >= 0.6 is 0 Å². The molecule has 0 bridgehead atoms. The van der Waals surface area contributed by atoms with Crippen molar-refractivity contribution in [1.82, 2.24) is 5.32 Å². The molecule has 2 rings (SSSR count). The van der Waals surface area contributed by atoms with Gasteiger partial charge in [-0.1, -0.05) is 30.3 Å². The van der Waals surface area contributed by atoms with Crippen molar-refractivity contribution in [1.29, 1.82) is 0 Å². The average molecular weight is 268 g/mol. The first-order valence-corrected chi connectivity index (χ1v) is 6.93. The number of anilines is 1. The number of benzene rings is 2. The minimum Gasteiger partial charge on any atom is -0.399 e. The van der Waals surface area contributed by atoms with Crippen LogP contribution in [0.25, 0.3) is 0 Å². The summed E-state index contributed by atoms with van der Waals surface area (Å²) in [7, 11) is 0. The molecule has 3 N–H and O–H groups in total. The zero-order valence-electron chi connectivity index (χ0n) is 11.5. The number of rotatable bonds is 6. The number of amides is 1. The Kier molecular flexibility index (Phi) is 5.18. The number of carbonyl (C=O) groups is 1. The van der Waals surface area contributed by atoms with Gasteiger partial charge in [0.15, 0.2) is 0 Å². The van der Waals surface area contributed by atoms with Gasteiger partial charge in [-0.15, -0.1) is 0 Å². The fourth-order valence-corrected chi connectivity index (χ4v) is 2.03. The van der Waals surface area contributed by atoms with Gasteiger partial charge in [0, 0.05) is 17.8 Å². The zero-order valence-corrected chi connectivity index (χ0v) is 11.5. The van der Waals surface area contributed by atoms with Gasteiger partial charge in [-0.3, -0.25) is 4.79 Å². The van der Waals surface area contributed by atoms with Crippen LogP contribution in [-0.2, 0) is 6.42 Å². The number of carbonyl (C=O) groups excluding carboxylic acids is 1. The molecule has 3 nitrogen and oxygen atoms in total. The molecule has 0 aliphatic heterocycles. The molecule has 0 aliphatic carbocycles. The van der Waals surface area contributed by atoms with E-state index in [-0.39, 0.29) is 5.91 Å². The smallest absolute Gasteiger partial charge is 0.251 e. The Balaban J connectivity index is 1.64. The Morgan fingerprint density at radius 3 is 2.35 bits per heavy atom. The molecule has 0 heterocycles. The molecule has 0 spiro atoms. The van der Waals surface area contributed by atoms with Crippen LogP contribution in [0.1, 0.15) is 28.8 Å². The lowest BCUT2D eigenvalue weighted by atomic mass is 10.1. The molecule has 0 saturated carbocycles. The normalized spacial score (nSPS) is 10.2. The van der Waals surface area contributed by atoms with E-state index in [9.17, 15) is 4.79 Å². The van der Waals surface area contributed by atoms with Crippen LogP contribution in [0, 0.1) is 0 Å². The lowest BCUT2D eigenvalue weighted by molar-refractivity contribution is 0.0953. The summed E-state index contributed by atoms with van der Waals surface area (Å²) < 4.78 is 0. The number of hydrogen-bond donors (Lipinski definition) is 2. The first-order chi connectivity index (χ1) is 9.75. The maximum Gasteiger partial charge on any atom is 0.251 e. The highest BCUT2D eigenvalue weighted by atomic mass is 16.1. The van der Waals surface area contributed by atoms with Gasteiger partial charge < -0.3 is 11.1 Å². The van der Waals surface area contributed by atoms with E-state index >= 15 is 0 Å². The Morgan fingerprint density at radius 1 is 0.950 bits per heavy atom. The van der Waals surface area contributed by atoms with E-state index in [2.05, 4.69) is 17.4 Å². The summed E-state index contributed by atoms with van der Waals surface area (Å²) in [4.78, 5) is 11.8. The standard InChI is InChI=1S/C17H20N2O/c18-16-11-9-14(10-12-16)6-4-5-13-19-17(20)15-7-2-1-3-8-15/h1-3,7-12H,4-6,13,18H2,(H,19,20). The van der Waals surface area contributed by atoms with Crippen molar-refractivity contribution in [3.8, 4) is 0 Å². The molecule has 0 aromatic heterocycles. The molecule has 2 aromatic rings. The number of unbranched alkanes of at least 4 members (excludes halogenated alkanes) is 1. The number of hydrogen-bond acceptors (Lipinski definition) is 2. The summed E-state index contributed by atoms with van der Waals surface area (Å²) in [5, 5.41) is 2.94. The van der Waals surface area contributed by atoms with Gasteiger partial charge in [-0.2, -0.15) is 0 Å². The highest BCUT2D eigenvalue weighted by molar-refractivity contribution is 5.94. The lowest BCUT2D eigenvalue weighted by Gasteiger charge is -2.05. The minimum atomic E-state index is -0.00177. The first-order valence-electron chi connectivity index (χ1n) is 6.93. The summed E-state index contributed by atoms with van der Waals surface area (Å²) in [6.07, 6.45) is 3.05. The van der Waals surface area contributed by atoms with Crippen molar-refractivity contribution in [2.75, 3.05) is 12.3 Å². The molecule has 0 atom stereocenters. The van der Waals surface area contributed by atoms with Gasteiger partial charge in [0.05, 0.1) is 0 Å². The van der Waals surface area contributed by atoms with E-state index in [4.69, 9.17) is 5.73 Å². The maximum atomic E-state index is 11.8. The van der Waals surface area contributed by atoms with Gasteiger partial charge in [0.1, 0.15) is 0 Å². The predicted octanol–water partition coefficient (Wildman–Crippen LogP) is 3.02. The average Bonchev–Trinajstić information content (AvgIpc) is 2.49. The minimum absolute atomic E-state index is 0.00177. The van der Waals surface area contributed by atoms with Crippen LogP contribution in [0.4, 0.5) is 5.69 Å². The Morgan fingerprint density at radius 2 is 1.65 bits per heavy atom. The summed E-state index contributed by atoms with van der Waals surface area (Å²) in [5.74, 6) is -0.00177. The monoisotopic (exact) mass is 268 g/mol. The molecule has 0 saturated heterocycles. The van der Waals surface area contributed by atoms with Crippen LogP contribution < -0.4 is 11.1 Å². The van der Waals surface area contributed by atoms with Crippen molar-refractivity contribution in [3.05, 3.63) is 65.7 Å². The van der Waals surface area contributed by atoms with Crippen molar-refractivity contribution in [2.45, 2.75) is 19.3 Å². The molecule has 3 heteroatoms. The summed E-state index contributed by atoms with van der Waals surface area (Å²) in [6, 6.07) is 17.2. The summed E-state index contributed by atoms with van der Waals surface area (Å²) in [5.41, 5.74) is 8.44. The van der Waals surface area contributed by atoms with Crippen molar-refractivity contribution >= 4 is 11.6 Å². The molecule has 20 heavy (non-hydrogen) atoms. The Labute approximate surface area is 119 Å². The highest BCUT2D eigenvalue weighted by Crippen LogP contribution is 2.08. The van der Waals surface area contributed by atoms with Gasteiger partial charge in [-0.25, -0.2) is 0 Å². The van der Waals surface area contributed by atoms with E-state index < -0.39 is 0 Å². The molecular weight excluding hydrogens is 248 g/mol. The molecule has 1 amide bonds. The van der Waals surface area contributed by atoms with Crippen molar-refractivity contribution in [3.63, 3.8) is 0 Å². The van der Waals surface area contributed by atoms with Crippen LogP contribution in [0.15, 0.2) is 54.6 Å². The first kappa shape index (κ1) is 14.1. The van der Waals surface area contributed by atoms with Crippen LogP contribution in [-0.4, -0.2) is 12.5 Å². The summed E-state index contributed by atoms with van der Waals surface area (Å²) in [6.45, 7) is 0.711. The molecule has 0 fully saturated rings. The quantitative estimate of drug-likeness (QED) is 0.625. The van der Waals surface area contributed by atoms with E-state index in [0.717, 1.165) is 24.9 Å². The van der Waals surface area contributed by atoms with Crippen LogP contribution in [0.3, 0.4) is 0 Å². The fourth-order valence-electron chi connectivity index (χ4n) is 2.03. The second-order valence-electron chi connectivity index (χ2n) is 4.82. The number of nitrogens with one attached hydrogen (secondary N) is 1. The zero-order chi connectivity index (χ0) is 14.2. The fraction of sp³-hybridized carbons (Fsp3) is 0.235. The third kappa shape index (κ3) is 4.43. The van der Waals surface area contributed by atoms with Gasteiger partial charge in [-0.05, 0) is 49.1 Å². The van der Waals surface area contributed by atoms with E-state index in [0.29, 0.717) is 12.1 Å². The predicted molar refractivity (Wildman–Crippen MR) is 82.6 cm³/mol. The number of nitrogens with two attached hydrogens (primary N) is 1. The topological polar surface area (TPSA) is 55.1 Å². The molecule has 0 unspecified atom stereocenters. The largest absolute Gasteiger partial charge is 0.399 e. The van der Waals surface area contributed by atoms with E-state index in [1.165, 1.54) is 5.56 Å². The molecule has 0 radical (unpaired) electrons. The van der Waals surface area contributed by atoms with E-state index in [1.807, 2.05) is 42.5 Å². The SMILES string of the molecule is Nc1ccc(CCCCNC(=O)c2ccccc2)cc1. The molecule has 104 valence electrons. The van der Waals surface area contributed by atoms with Gasteiger partial charge in [0.2, 0.25) is 0 Å². The van der Waals surface area contributed by atoms with Crippen molar-refractivity contribution < 1.29 is 4.79 Å². The van der Waals surface area contributed by atoms with Crippen molar-refractivity contribution in [2.24, 2.45) is 0 Å². The second-order valence-corrected chi connectivity index (χ2v) is 4.82. The Hall–Kier alpha value is -2.29. The molecular formula is C17H20N2O.